The maximum atomic E-state index is 4.72. The molecule has 8 heteroatoms. The molecule has 1 fully saturated rings. The van der Waals surface area contributed by atoms with Crippen molar-refractivity contribution in [1.82, 2.24) is 30.3 Å². The molecule has 30 heavy (non-hydrogen) atoms. The van der Waals surface area contributed by atoms with E-state index < -0.39 is 0 Å². The number of rotatable bonds is 9. The summed E-state index contributed by atoms with van der Waals surface area (Å²) in [6, 6.07) is 11.2. The summed E-state index contributed by atoms with van der Waals surface area (Å²) in [6.45, 7) is 10.0. The Balaban J connectivity index is 0.00000320. The zero-order valence-electron chi connectivity index (χ0n) is 18.3. The maximum absolute atomic E-state index is 4.72. The Morgan fingerprint density at radius 2 is 1.93 bits per heavy atom. The van der Waals surface area contributed by atoms with Gasteiger partial charge in [-0.25, -0.2) is 0 Å². The van der Waals surface area contributed by atoms with Crippen LogP contribution < -0.4 is 10.6 Å². The summed E-state index contributed by atoms with van der Waals surface area (Å²) >= 11 is 0. The van der Waals surface area contributed by atoms with Gasteiger partial charge in [0.25, 0.3) is 0 Å². The molecule has 1 saturated heterocycles. The van der Waals surface area contributed by atoms with Crippen molar-refractivity contribution in [2.45, 2.75) is 58.7 Å². The Kier molecular flexibility index (Phi) is 11.1. The van der Waals surface area contributed by atoms with Crippen molar-refractivity contribution in [3.63, 3.8) is 0 Å². The molecule has 0 unspecified atom stereocenters. The van der Waals surface area contributed by atoms with E-state index in [0.717, 1.165) is 76.7 Å². The minimum atomic E-state index is 0. The van der Waals surface area contributed by atoms with Crippen molar-refractivity contribution in [3.8, 4) is 0 Å². The molecule has 0 bridgehead atoms. The fraction of sp³-hybridized carbons (Fsp3) is 0.591. The minimum absolute atomic E-state index is 0. The van der Waals surface area contributed by atoms with Crippen LogP contribution in [0, 0.1) is 0 Å². The maximum Gasteiger partial charge on any atom is 0.191 e. The fourth-order valence-corrected chi connectivity index (χ4v) is 3.68. The molecule has 1 aromatic carbocycles. The van der Waals surface area contributed by atoms with Crippen LogP contribution in [0.4, 0.5) is 0 Å². The first kappa shape index (κ1) is 24.6. The molecule has 2 N–H and O–H groups in total. The molecule has 1 aliphatic rings. The smallest absolute Gasteiger partial charge is 0.191 e. The lowest BCUT2D eigenvalue weighted by atomic mass is 10.0. The number of hydrogen-bond donors (Lipinski definition) is 2. The molecule has 0 aliphatic carbocycles. The van der Waals surface area contributed by atoms with Gasteiger partial charge in [0.1, 0.15) is 12.2 Å². The van der Waals surface area contributed by atoms with E-state index in [1.54, 1.807) is 6.33 Å². The highest BCUT2D eigenvalue weighted by Gasteiger charge is 2.20. The van der Waals surface area contributed by atoms with Crippen LogP contribution in [0.2, 0.25) is 0 Å². The Hall–Kier alpha value is -1.68. The average molecular weight is 525 g/mol. The summed E-state index contributed by atoms with van der Waals surface area (Å²) < 4.78 is 2.10. The van der Waals surface area contributed by atoms with Crippen LogP contribution in [0.3, 0.4) is 0 Å². The molecular weight excluding hydrogens is 489 g/mol. The van der Waals surface area contributed by atoms with E-state index in [-0.39, 0.29) is 24.0 Å². The number of halogens is 1. The van der Waals surface area contributed by atoms with Gasteiger partial charge in [-0.05, 0) is 24.8 Å². The first-order valence-corrected chi connectivity index (χ1v) is 11.0. The van der Waals surface area contributed by atoms with Crippen LogP contribution in [0.25, 0.3) is 0 Å². The van der Waals surface area contributed by atoms with E-state index in [9.17, 15) is 0 Å². The number of guanidine groups is 1. The first-order chi connectivity index (χ1) is 14.3. The molecule has 3 rings (SSSR count). The zero-order chi connectivity index (χ0) is 20.3. The van der Waals surface area contributed by atoms with Crippen molar-refractivity contribution in [1.29, 1.82) is 0 Å². The quantitative estimate of drug-likeness (QED) is 0.299. The normalized spacial score (nSPS) is 15.6. The second-order valence-electron chi connectivity index (χ2n) is 7.63. The second-order valence-corrected chi connectivity index (χ2v) is 7.63. The highest BCUT2D eigenvalue weighted by atomic mass is 127. The van der Waals surface area contributed by atoms with E-state index >= 15 is 0 Å². The van der Waals surface area contributed by atoms with Gasteiger partial charge in [-0.3, -0.25) is 9.89 Å². The van der Waals surface area contributed by atoms with Crippen molar-refractivity contribution < 1.29 is 0 Å². The van der Waals surface area contributed by atoms with Crippen LogP contribution >= 0.6 is 24.0 Å². The molecule has 0 radical (unpaired) electrons. The third-order valence-electron chi connectivity index (χ3n) is 5.33. The van der Waals surface area contributed by atoms with Crippen molar-refractivity contribution in [2.24, 2.45) is 4.99 Å². The van der Waals surface area contributed by atoms with Gasteiger partial charge in [0, 0.05) is 51.7 Å². The predicted molar refractivity (Wildman–Crippen MR) is 133 cm³/mol. The minimum Gasteiger partial charge on any atom is -0.355 e. The summed E-state index contributed by atoms with van der Waals surface area (Å²) in [4.78, 5) is 7.27. The summed E-state index contributed by atoms with van der Waals surface area (Å²) in [6.07, 6.45) is 6.04. The van der Waals surface area contributed by atoms with E-state index in [2.05, 4.69) is 74.5 Å². The fourth-order valence-electron chi connectivity index (χ4n) is 3.68. The number of aryl methyl sites for hydroxylation is 1. The number of aliphatic imine (C=N–C) groups is 1. The van der Waals surface area contributed by atoms with Gasteiger partial charge in [-0.15, -0.1) is 34.2 Å². The number of benzene rings is 1. The monoisotopic (exact) mass is 525 g/mol. The third-order valence-corrected chi connectivity index (χ3v) is 5.33. The van der Waals surface area contributed by atoms with Crippen LogP contribution in [-0.2, 0) is 19.5 Å². The lowest BCUT2D eigenvalue weighted by molar-refractivity contribution is 0.198. The van der Waals surface area contributed by atoms with Gasteiger partial charge < -0.3 is 15.2 Å². The molecule has 0 atom stereocenters. The number of hydrogen-bond acceptors (Lipinski definition) is 4. The lowest BCUT2D eigenvalue weighted by Crippen LogP contribution is -2.49. The molecule has 0 spiro atoms. The largest absolute Gasteiger partial charge is 0.355 e. The van der Waals surface area contributed by atoms with Gasteiger partial charge >= 0.3 is 0 Å². The molecular formula is C22H36IN7. The van der Waals surface area contributed by atoms with Crippen molar-refractivity contribution >= 4 is 29.9 Å². The topological polar surface area (TPSA) is 70.4 Å². The average Bonchev–Trinajstić information content (AvgIpc) is 3.21. The van der Waals surface area contributed by atoms with E-state index in [1.165, 1.54) is 5.56 Å². The molecule has 2 heterocycles. The molecule has 166 valence electrons. The zero-order valence-corrected chi connectivity index (χ0v) is 20.6. The van der Waals surface area contributed by atoms with Gasteiger partial charge in [0.2, 0.25) is 0 Å². The van der Waals surface area contributed by atoms with Crippen LogP contribution in [0.5, 0.6) is 0 Å². The number of likely N-dealkylation sites (tertiary alicyclic amines) is 1. The molecule has 7 nitrogen and oxygen atoms in total. The second kappa shape index (κ2) is 13.6. The number of nitrogens with one attached hydrogen (secondary N) is 2. The number of aromatic nitrogens is 3. The molecule has 0 saturated carbocycles. The highest BCUT2D eigenvalue weighted by molar-refractivity contribution is 14.0. The summed E-state index contributed by atoms with van der Waals surface area (Å²) in [5.74, 6) is 1.96. The summed E-state index contributed by atoms with van der Waals surface area (Å²) in [7, 11) is 0. The molecule has 1 aromatic heterocycles. The highest BCUT2D eigenvalue weighted by Crippen LogP contribution is 2.13. The van der Waals surface area contributed by atoms with Crippen molar-refractivity contribution in [3.05, 3.63) is 48.0 Å². The lowest BCUT2D eigenvalue weighted by Gasteiger charge is -2.33. The first-order valence-electron chi connectivity index (χ1n) is 11.0. The van der Waals surface area contributed by atoms with Gasteiger partial charge in [-0.1, -0.05) is 44.2 Å². The Morgan fingerprint density at radius 3 is 2.63 bits per heavy atom. The number of piperidine rings is 1. The summed E-state index contributed by atoms with van der Waals surface area (Å²) in [5.41, 5.74) is 1.39. The third kappa shape index (κ3) is 7.86. The SMILES string of the molecule is CCCN=C(NCCn1cnnc1CC)NC1CCN(Cc2ccccc2)CC1.I. The molecule has 1 aliphatic heterocycles. The van der Waals surface area contributed by atoms with Crippen molar-refractivity contribution in [2.75, 3.05) is 26.2 Å². The van der Waals surface area contributed by atoms with E-state index in [4.69, 9.17) is 4.99 Å². The van der Waals surface area contributed by atoms with E-state index in [0.29, 0.717) is 6.04 Å². The van der Waals surface area contributed by atoms with Gasteiger partial charge in [-0.2, -0.15) is 0 Å². The molecule has 0 amide bonds. The standard InChI is InChI=1S/C22H35N7.HI/c1-3-12-23-22(24-13-16-29-18-25-27-21(29)4-2)26-20-10-14-28(15-11-20)17-19-8-6-5-7-9-19;/h5-9,18,20H,3-4,10-17H2,1-2H3,(H2,23,24,26);1H. The Bertz CT molecular complexity index is 739. The predicted octanol–water partition coefficient (Wildman–Crippen LogP) is 3.07. The summed E-state index contributed by atoms with van der Waals surface area (Å²) in [5, 5.41) is 15.3. The van der Waals surface area contributed by atoms with Gasteiger partial charge in [0.15, 0.2) is 5.96 Å². The van der Waals surface area contributed by atoms with Crippen LogP contribution in [-0.4, -0.2) is 57.8 Å². The number of nitrogens with zero attached hydrogens (tertiary/aromatic N) is 5. The Labute approximate surface area is 197 Å². The van der Waals surface area contributed by atoms with E-state index in [1.807, 2.05) is 0 Å². The molecule has 2 aromatic rings. The van der Waals surface area contributed by atoms with Crippen LogP contribution in [0.15, 0.2) is 41.7 Å². The van der Waals surface area contributed by atoms with Crippen LogP contribution in [0.1, 0.15) is 44.5 Å². The Morgan fingerprint density at radius 1 is 1.17 bits per heavy atom. The van der Waals surface area contributed by atoms with Gasteiger partial charge in [0.05, 0.1) is 0 Å².